The molecule has 1 N–H and O–H groups in total. The van der Waals surface area contributed by atoms with Crippen molar-refractivity contribution >= 4 is 34.6 Å². The molecule has 4 rings (SSSR count). The van der Waals surface area contributed by atoms with Crippen molar-refractivity contribution in [3.8, 4) is 5.75 Å². The summed E-state index contributed by atoms with van der Waals surface area (Å²) in [7, 11) is 3.17. The molecule has 0 unspecified atom stereocenters. The van der Waals surface area contributed by atoms with E-state index >= 15 is 0 Å². The Labute approximate surface area is 225 Å². The first-order valence-electron chi connectivity index (χ1n) is 12.1. The van der Waals surface area contributed by atoms with E-state index in [0.717, 1.165) is 10.4 Å². The first kappa shape index (κ1) is 27.2. The van der Waals surface area contributed by atoms with E-state index in [1.54, 1.807) is 38.7 Å². The Morgan fingerprint density at radius 1 is 1.24 bits per heavy atom. The number of ether oxygens (including phenoxy) is 2. The van der Waals surface area contributed by atoms with E-state index in [1.807, 2.05) is 18.4 Å². The molecule has 0 radical (unpaired) electrons. The molecule has 0 aliphatic carbocycles. The van der Waals surface area contributed by atoms with E-state index in [9.17, 15) is 14.7 Å². The van der Waals surface area contributed by atoms with Crippen molar-refractivity contribution in [2.24, 2.45) is 5.92 Å². The Morgan fingerprint density at radius 2 is 2.00 bits per heavy atom. The van der Waals surface area contributed by atoms with Crippen LogP contribution < -0.4 is 4.74 Å². The number of hydrogen-bond acceptors (Lipinski definition) is 8. The van der Waals surface area contributed by atoms with Crippen LogP contribution in [0.5, 0.6) is 5.75 Å². The van der Waals surface area contributed by atoms with Crippen molar-refractivity contribution in [3.63, 3.8) is 0 Å². The van der Waals surface area contributed by atoms with Gasteiger partial charge in [-0.25, -0.2) is 14.8 Å². The minimum atomic E-state index is -1.52. The molecule has 3 atom stereocenters. The number of carbonyl (C=O) groups is 2. The van der Waals surface area contributed by atoms with Crippen molar-refractivity contribution in [1.82, 2.24) is 14.9 Å². The molecule has 3 aromatic rings. The molecule has 1 fully saturated rings. The summed E-state index contributed by atoms with van der Waals surface area (Å²) in [5, 5.41) is 13.9. The fraction of sp³-hybridized carbons (Fsp3) is 0.481. The average molecular weight is 544 g/mol. The minimum absolute atomic E-state index is 0.101. The number of rotatable bonds is 8. The smallest absolute Gasteiger partial charge is 0.330 e. The maximum absolute atomic E-state index is 14.4. The summed E-state index contributed by atoms with van der Waals surface area (Å²) in [4.78, 5) is 39.0. The number of hydrogen-bond donors (Lipinski definition) is 1. The predicted octanol–water partition coefficient (Wildman–Crippen LogP) is 5.13. The van der Waals surface area contributed by atoms with Gasteiger partial charge in [-0.1, -0.05) is 26.8 Å². The number of thiazole rings is 2. The normalized spacial score (nSPS) is 21.8. The lowest BCUT2D eigenvalue weighted by Crippen LogP contribution is -2.55. The van der Waals surface area contributed by atoms with Crippen LogP contribution in [-0.4, -0.2) is 58.2 Å². The van der Waals surface area contributed by atoms with E-state index in [1.165, 1.54) is 27.6 Å². The lowest BCUT2D eigenvalue weighted by molar-refractivity contribution is -0.149. The van der Waals surface area contributed by atoms with Gasteiger partial charge in [0.05, 0.1) is 24.8 Å². The number of carboxylic acids is 1. The highest BCUT2D eigenvalue weighted by Crippen LogP contribution is 2.50. The number of aryl methyl sites for hydroxylation is 1. The molecule has 1 amide bonds. The van der Waals surface area contributed by atoms with Gasteiger partial charge < -0.3 is 19.5 Å². The number of nitrogens with zero attached hydrogens (tertiary/aromatic N) is 3. The molecule has 0 spiro atoms. The number of benzene rings is 1. The standard InChI is InChI=1S/C27H33N3O5S2/c1-16-14-29-23(37-16)22-18(15-34-5)12-27(25(32)33,13-21-28-9-10-36-21)30(22)24(31)17-7-8-19(26(2,3)4)20(11-17)35-6/h7-11,14,18,22H,12-13,15H2,1-6H3,(H,32,33)/t18-,22-,27-/m1/s1. The van der Waals surface area contributed by atoms with Crippen LogP contribution in [-0.2, 0) is 21.4 Å². The Morgan fingerprint density at radius 3 is 2.54 bits per heavy atom. The zero-order valence-corrected chi connectivity index (χ0v) is 23.6. The van der Waals surface area contributed by atoms with Gasteiger partial charge in [0.25, 0.3) is 5.91 Å². The van der Waals surface area contributed by atoms with E-state index in [4.69, 9.17) is 9.47 Å². The van der Waals surface area contributed by atoms with Crippen LogP contribution in [0.15, 0.2) is 36.0 Å². The fourth-order valence-corrected chi connectivity index (χ4v) is 6.91. The van der Waals surface area contributed by atoms with Gasteiger partial charge in [-0.05, 0) is 36.5 Å². The first-order valence-corrected chi connectivity index (χ1v) is 13.8. The van der Waals surface area contributed by atoms with Crippen molar-refractivity contribution < 1.29 is 24.2 Å². The Hall–Kier alpha value is -2.82. The monoisotopic (exact) mass is 543 g/mol. The van der Waals surface area contributed by atoms with E-state index in [0.29, 0.717) is 27.9 Å². The molecule has 2 aromatic heterocycles. The summed E-state index contributed by atoms with van der Waals surface area (Å²) in [6, 6.07) is 4.80. The lowest BCUT2D eigenvalue weighted by atomic mass is 9.85. The van der Waals surface area contributed by atoms with Gasteiger partial charge >= 0.3 is 5.97 Å². The highest BCUT2D eigenvalue weighted by atomic mass is 32.1. The summed E-state index contributed by atoms with van der Waals surface area (Å²) in [5.74, 6) is -1.11. The zero-order valence-electron chi connectivity index (χ0n) is 22.0. The Bertz CT molecular complexity index is 1270. The van der Waals surface area contributed by atoms with Gasteiger partial charge in [0.1, 0.15) is 16.3 Å². The van der Waals surface area contributed by atoms with Crippen LogP contribution in [0.1, 0.15) is 64.0 Å². The van der Waals surface area contributed by atoms with E-state index in [2.05, 4.69) is 30.7 Å². The highest BCUT2D eigenvalue weighted by molar-refractivity contribution is 7.11. The first-order chi connectivity index (χ1) is 17.5. The second-order valence-corrected chi connectivity index (χ2v) is 12.7. The molecule has 37 heavy (non-hydrogen) atoms. The van der Waals surface area contributed by atoms with Crippen molar-refractivity contribution in [1.29, 1.82) is 0 Å². The number of amides is 1. The third-order valence-electron chi connectivity index (χ3n) is 6.86. The van der Waals surface area contributed by atoms with Gasteiger partial charge in [-0.15, -0.1) is 22.7 Å². The quantitative estimate of drug-likeness (QED) is 0.420. The van der Waals surface area contributed by atoms with Crippen LogP contribution in [0.2, 0.25) is 0 Å². The van der Waals surface area contributed by atoms with Crippen LogP contribution in [0.25, 0.3) is 0 Å². The molecular formula is C27H33N3O5S2. The largest absolute Gasteiger partial charge is 0.496 e. The summed E-state index contributed by atoms with van der Waals surface area (Å²) in [6.45, 7) is 8.47. The third-order valence-corrected chi connectivity index (χ3v) is 8.62. The van der Waals surface area contributed by atoms with Gasteiger partial charge in [-0.3, -0.25) is 4.79 Å². The molecule has 1 aliphatic rings. The zero-order chi connectivity index (χ0) is 27.0. The van der Waals surface area contributed by atoms with E-state index < -0.39 is 17.6 Å². The van der Waals surface area contributed by atoms with Gasteiger partial charge in [0.15, 0.2) is 0 Å². The number of likely N-dealkylation sites (tertiary alicyclic amines) is 1. The molecule has 1 aromatic carbocycles. The SMILES string of the molecule is COC[C@H]1C[C@@](Cc2nccs2)(C(=O)O)N(C(=O)c2ccc(C(C)(C)C)c(OC)c2)[C@H]1c1ncc(C)s1. The Kier molecular flexibility index (Phi) is 7.73. The second kappa shape index (κ2) is 10.5. The highest BCUT2D eigenvalue weighted by Gasteiger charge is 2.60. The number of carboxylic acid groups (broad SMARTS) is 1. The molecule has 3 heterocycles. The minimum Gasteiger partial charge on any atom is -0.496 e. The maximum atomic E-state index is 14.4. The van der Waals surface area contributed by atoms with Crippen molar-refractivity contribution in [2.45, 2.75) is 57.5 Å². The molecule has 0 bridgehead atoms. The van der Waals surface area contributed by atoms with Gasteiger partial charge in [-0.2, -0.15) is 0 Å². The number of methoxy groups -OCH3 is 2. The number of carbonyl (C=O) groups excluding carboxylic acids is 1. The number of aliphatic carboxylic acids is 1. The topological polar surface area (TPSA) is 102 Å². The molecule has 1 aliphatic heterocycles. The molecule has 1 saturated heterocycles. The molecule has 10 heteroatoms. The van der Waals surface area contributed by atoms with Crippen LogP contribution >= 0.6 is 22.7 Å². The summed E-state index contributed by atoms with van der Waals surface area (Å²) < 4.78 is 11.2. The molecular weight excluding hydrogens is 510 g/mol. The lowest BCUT2D eigenvalue weighted by Gasteiger charge is -2.37. The third kappa shape index (κ3) is 5.15. The van der Waals surface area contributed by atoms with Crippen LogP contribution in [0.4, 0.5) is 0 Å². The average Bonchev–Trinajstić information content (AvgIpc) is 3.58. The van der Waals surface area contributed by atoms with Gasteiger partial charge in [0, 0.05) is 47.7 Å². The summed E-state index contributed by atoms with van der Waals surface area (Å²) >= 11 is 2.86. The second-order valence-electron chi connectivity index (χ2n) is 10.5. The number of aromatic nitrogens is 2. The molecule has 0 saturated carbocycles. The summed E-state index contributed by atoms with van der Waals surface area (Å²) in [6.07, 6.45) is 3.74. The predicted molar refractivity (Wildman–Crippen MR) is 144 cm³/mol. The molecule has 8 nitrogen and oxygen atoms in total. The maximum Gasteiger partial charge on any atom is 0.330 e. The van der Waals surface area contributed by atoms with Crippen molar-refractivity contribution in [2.75, 3.05) is 20.8 Å². The molecule has 198 valence electrons. The van der Waals surface area contributed by atoms with Crippen LogP contribution in [0.3, 0.4) is 0 Å². The van der Waals surface area contributed by atoms with E-state index in [-0.39, 0.29) is 30.1 Å². The van der Waals surface area contributed by atoms with Gasteiger partial charge in [0.2, 0.25) is 0 Å². The summed E-state index contributed by atoms with van der Waals surface area (Å²) in [5.41, 5.74) is -0.380. The Balaban J connectivity index is 1.90. The van der Waals surface area contributed by atoms with Crippen LogP contribution in [0, 0.1) is 12.8 Å². The van der Waals surface area contributed by atoms with Crippen molar-refractivity contribution in [3.05, 3.63) is 62.0 Å². The fourth-order valence-electron chi connectivity index (χ4n) is 5.22.